The Hall–Kier alpha value is -0.870. The van der Waals surface area contributed by atoms with Crippen LogP contribution in [0.3, 0.4) is 0 Å². The number of rotatable bonds is 4. The van der Waals surface area contributed by atoms with Gasteiger partial charge < -0.3 is 14.4 Å². The number of carbonyl (C=O) groups excluding carboxylic acids is 1. The molecular weight excluding hydrogens is 266 g/mol. The number of hydrogen-bond acceptors (Lipinski definition) is 3. The van der Waals surface area contributed by atoms with Gasteiger partial charge in [0.2, 0.25) is 5.91 Å². The van der Waals surface area contributed by atoms with Crippen molar-refractivity contribution in [3.8, 4) is 0 Å². The molecule has 0 aromatic carbocycles. The summed E-state index contributed by atoms with van der Waals surface area (Å²) in [7, 11) is 0. The molecule has 116 valence electrons. The van der Waals surface area contributed by atoms with Crippen LogP contribution in [-0.4, -0.2) is 48.8 Å². The maximum absolute atomic E-state index is 12.3. The van der Waals surface area contributed by atoms with Crippen molar-refractivity contribution in [1.29, 1.82) is 0 Å². The smallest absolute Gasteiger partial charge is 0.249 e. The largest absolute Gasteiger partial charge is 0.378 e. The zero-order chi connectivity index (χ0) is 14.3. The third-order valence-electron chi connectivity index (χ3n) is 5.27. The Morgan fingerprint density at radius 3 is 2.95 bits per heavy atom. The van der Waals surface area contributed by atoms with E-state index >= 15 is 0 Å². The minimum absolute atomic E-state index is 0.110. The Labute approximate surface area is 126 Å². The fraction of sp³-hybridized carbons (Fsp3) is 0.824. The van der Waals surface area contributed by atoms with Crippen molar-refractivity contribution in [1.82, 2.24) is 4.90 Å². The second kappa shape index (κ2) is 5.40. The summed E-state index contributed by atoms with van der Waals surface area (Å²) in [5, 5.41) is 0. The lowest BCUT2D eigenvalue weighted by Gasteiger charge is -2.53. The normalized spacial score (nSPS) is 31.1. The van der Waals surface area contributed by atoms with Gasteiger partial charge in [0.05, 0.1) is 19.2 Å². The van der Waals surface area contributed by atoms with Crippen LogP contribution in [-0.2, 0) is 14.3 Å². The second-order valence-electron chi connectivity index (χ2n) is 7.21. The molecule has 0 aromatic heterocycles. The van der Waals surface area contributed by atoms with Crippen LogP contribution in [0.1, 0.15) is 44.9 Å². The maximum atomic E-state index is 12.3. The van der Waals surface area contributed by atoms with Gasteiger partial charge in [0.15, 0.2) is 0 Å². The van der Waals surface area contributed by atoms with Gasteiger partial charge >= 0.3 is 0 Å². The zero-order valence-corrected chi connectivity index (χ0v) is 12.7. The van der Waals surface area contributed by atoms with Crippen LogP contribution in [0.15, 0.2) is 11.6 Å². The van der Waals surface area contributed by atoms with Gasteiger partial charge in [-0.1, -0.05) is 6.08 Å². The predicted molar refractivity (Wildman–Crippen MR) is 78.9 cm³/mol. The minimum Gasteiger partial charge on any atom is -0.378 e. The van der Waals surface area contributed by atoms with E-state index in [2.05, 4.69) is 6.08 Å². The topological polar surface area (TPSA) is 38.8 Å². The van der Waals surface area contributed by atoms with E-state index in [1.807, 2.05) is 4.90 Å². The molecule has 1 unspecified atom stereocenters. The third kappa shape index (κ3) is 2.88. The molecule has 0 bridgehead atoms. The third-order valence-corrected chi connectivity index (χ3v) is 5.27. The van der Waals surface area contributed by atoms with Crippen molar-refractivity contribution in [2.45, 2.75) is 56.7 Å². The summed E-state index contributed by atoms with van der Waals surface area (Å²) < 4.78 is 12.0. The fourth-order valence-corrected chi connectivity index (χ4v) is 3.76. The Morgan fingerprint density at radius 2 is 2.24 bits per heavy atom. The average molecular weight is 291 g/mol. The molecule has 1 saturated carbocycles. The fourth-order valence-electron chi connectivity index (χ4n) is 3.76. The van der Waals surface area contributed by atoms with Crippen LogP contribution in [0.25, 0.3) is 0 Å². The monoisotopic (exact) mass is 291 g/mol. The van der Waals surface area contributed by atoms with Gasteiger partial charge in [0.25, 0.3) is 0 Å². The predicted octanol–water partition coefficient (Wildman–Crippen LogP) is 2.28. The molecule has 2 aliphatic carbocycles. The molecule has 2 aliphatic heterocycles. The van der Waals surface area contributed by atoms with Gasteiger partial charge in [-0.15, -0.1) is 0 Å². The second-order valence-corrected chi connectivity index (χ2v) is 7.21. The summed E-state index contributed by atoms with van der Waals surface area (Å²) in [5.41, 5.74) is 0.906. The number of likely N-dealkylation sites (tertiary alicyclic amines) is 1. The van der Waals surface area contributed by atoms with Crippen molar-refractivity contribution in [2.75, 3.05) is 26.3 Å². The lowest BCUT2D eigenvalue weighted by Crippen LogP contribution is -2.67. The van der Waals surface area contributed by atoms with Crippen LogP contribution in [0.4, 0.5) is 0 Å². The first-order chi connectivity index (χ1) is 10.2. The summed E-state index contributed by atoms with van der Waals surface area (Å²) in [4.78, 5) is 14.3. The molecule has 4 nitrogen and oxygen atoms in total. The standard InChI is InChI=1S/C17H25NO3/c19-16(14-3-1-2-4-14)18-11-17(12-18)9-15(7-8-21-17)20-10-13-5-6-13/h3,13,15H,1-2,4-12H2. The molecule has 3 fully saturated rings. The molecule has 4 heteroatoms. The highest BCUT2D eigenvalue weighted by Gasteiger charge is 2.50. The van der Waals surface area contributed by atoms with E-state index in [-0.39, 0.29) is 11.5 Å². The molecule has 0 N–H and O–H groups in total. The first-order valence-electron chi connectivity index (χ1n) is 8.48. The minimum atomic E-state index is -0.110. The Bertz CT molecular complexity index is 449. The van der Waals surface area contributed by atoms with E-state index in [0.717, 1.165) is 69.9 Å². The lowest BCUT2D eigenvalue weighted by molar-refractivity contribution is -0.199. The highest BCUT2D eigenvalue weighted by Crippen LogP contribution is 2.38. The van der Waals surface area contributed by atoms with Crippen molar-refractivity contribution < 1.29 is 14.3 Å². The molecule has 0 aromatic rings. The quantitative estimate of drug-likeness (QED) is 0.797. The molecule has 21 heavy (non-hydrogen) atoms. The first-order valence-corrected chi connectivity index (χ1v) is 8.48. The van der Waals surface area contributed by atoms with Gasteiger partial charge in [-0.05, 0) is 44.4 Å². The van der Waals surface area contributed by atoms with Gasteiger partial charge in [0.1, 0.15) is 5.60 Å². The van der Waals surface area contributed by atoms with E-state index in [0.29, 0.717) is 6.10 Å². The summed E-state index contributed by atoms with van der Waals surface area (Å²) >= 11 is 0. The van der Waals surface area contributed by atoms with E-state index in [1.54, 1.807) is 0 Å². The summed E-state index contributed by atoms with van der Waals surface area (Å²) in [5.74, 6) is 1.06. The Kier molecular flexibility index (Phi) is 3.54. The molecule has 2 saturated heterocycles. The van der Waals surface area contributed by atoms with Gasteiger partial charge in [0, 0.05) is 25.2 Å². The van der Waals surface area contributed by atoms with Crippen LogP contribution < -0.4 is 0 Å². The lowest BCUT2D eigenvalue weighted by atomic mass is 9.84. The van der Waals surface area contributed by atoms with Gasteiger partial charge in [-0.3, -0.25) is 4.79 Å². The number of hydrogen-bond donors (Lipinski definition) is 0. The summed E-state index contributed by atoms with van der Waals surface area (Å²) in [6, 6.07) is 0. The van der Waals surface area contributed by atoms with Crippen molar-refractivity contribution in [2.24, 2.45) is 5.92 Å². The highest BCUT2D eigenvalue weighted by atomic mass is 16.5. The number of allylic oxidation sites excluding steroid dienone is 1. The summed E-state index contributed by atoms with van der Waals surface area (Å²) in [6.45, 7) is 3.22. The Morgan fingerprint density at radius 1 is 1.38 bits per heavy atom. The van der Waals surface area contributed by atoms with Crippen molar-refractivity contribution >= 4 is 5.91 Å². The van der Waals surface area contributed by atoms with Gasteiger partial charge in [-0.25, -0.2) is 0 Å². The summed E-state index contributed by atoms with van der Waals surface area (Å²) in [6.07, 6.45) is 10.2. The van der Waals surface area contributed by atoms with Gasteiger partial charge in [-0.2, -0.15) is 0 Å². The van der Waals surface area contributed by atoms with Crippen molar-refractivity contribution in [3.63, 3.8) is 0 Å². The van der Waals surface area contributed by atoms with E-state index in [9.17, 15) is 4.79 Å². The molecule has 1 atom stereocenters. The average Bonchev–Trinajstić information content (AvgIpc) is 3.14. The molecule has 2 heterocycles. The van der Waals surface area contributed by atoms with E-state index in [4.69, 9.17) is 9.47 Å². The number of amides is 1. The number of carbonyl (C=O) groups is 1. The first kappa shape index (κ1) is 13.8. The molecule has 4 rings (SSSR count). The van der Waals surface area contributed by atoms with Crippen LogP contribution in [0.5, 0.6) is 0 Å². The Balaban J connectivity index is 1.29. The SMILES string of the molecule is O=C(C1=CCCC1)N1CC2(CC(OCC3CC3)CCO2)C1. The number of ether oxygens (including phenoxy) is 2. The maximum Gasteiger partial charge on any atom is 0.249 e. The molecule has 4 aliphatic rings. The van der Waals surface area contributed by atoms with Crippen LogP contribution >= 0.6 is 0 Å². The van der Waals surface area contributed by atoms with Crippen molar-refractivity contribution in [3.05, 3.63) is 11.6 Å². The molecule has 1 amide bonds. The zero-order valence-electron chi connectivity index (χ0n) is 12.7. The van der Waals surface area contributed by atoms with E-state index in [1.165, 1.54) is 12.8 Å². The highest BCUT2D eigenvalue weighted by molar-refractivity contribution is 5.94. The number of nitrogens with zero attached hydrogens (tertiary/aromatic N) is 1. The molecule has 1 spiro atoms. The van der Waals surface area contributed by atoms with Crippen LogP contribution in [0.2, 0.25) is 0 Å². The molecular formula is C17H25NO3. The van der Waals surface area contributed by atoms with Crippen LogP contribution in [0, 0.1) is 5.92 Å². The van der Waals surface area contributed by atoms with E-state index < -0.39 is 0 Å². The molecule has 0 radical (unpaired) electrons.